The van der Waals surface area contributed by atoms with Gasteiger partial charge in [0, 0.05) is 37.1 Å². The Morgan fingerprint density at radius 2 is 0.934 bits per heavy atom. The fourth-order valence-corrected chi connectivity index (χ4v) is 11.5. The molecule has 0 spiro atoms. The predicted molar refractivity (Wildman–Crippen MR) is 292 cm³/mol. The van der Waals surface area contributed by atoms with Crippen molar-refractivity contribution >= 4 is 47.0 Å². The van der Waals surface area contributed by atoms with Crippen LogP contribution in [0.25, 0.3) is 0 Å². The SMILES string of the molecule is CN[C@@H](C)C(=O)N[C@H](C(=O)N1C[C@@H](CC(=O)c2cccc(C(=O)C[C@H]3C[C@@H](C(=O)N[C@H]4CCCc5ccccc54)N(C(=O)[C@@H](NC(=O)[C@H](C)NC)C(C)(C)C)C3)c2)C[C@H]1C(=O)N[C@H]1CCCc2ccccc21)C(C)(C)C. The molecule has 2 aliphatic heterocycles. The zero-order valence-corrected chi connectivity index (χ0v) is 46.3. The molecule has 2 saturated heterocycles. The molecular formula is C60H82N8O8. The monoisotopic (exact) mass is 1040 g/mol. The van der Waals surface area contributed by atoms with Crippen LogP contribution in [0.5, 0.6) is 0 Å². The number of carbonyl (C=O) groups excluding carboxylic acids is 8. The molecule has 4 aliphatic rings. The van der Waals surface area contributed by atoms with Gasteiger partial charge in [-0.15, -0.1) is 0 Å². The molecule has 10 atom stereocenters. The Bertz CT molecular complexity index is 2480. The number of nitrogens with zero attached hydrogens (tertiary/aromatic N) is 2. The first kappa shape index (κ1) is 57.4. The first-order chi connectivity index (χ1) is 36.0. The van der Waals surface area contributed by atoms with Crippen molar-refractivity contribution in [1.29, 1.82) is 0 Å². The Hall–Kier alpha value is -6.26. The van der Waals surface area contributed by atoms with Crippen LogP contribution < -0.4 is 31.9 Å². The van der Waals surface area contributed by atoms with Gasteiger partial charge in [0.2, 0.25) is 35.4 Å². The summed E-state index contributed by atoms with van der Waals surface area (Å²) in [5, 5.41) is 18.2. The van der Waals surface area contributed by atoms with E-state index < -0.39 is 70.7 Å². The molecule has 0 radical (unpaired) electrons. The maximum atomic E-state index is 14.7. The highest BCUT2D eigenvalue weighted by molar-refractivity contribution is 6.02. The topological polar surface area (TPSA) is 215 Å². The van der Waals surface area contributed by atoms with Crippen molar-refractivity contribution in [1.82, 2.24) is 41.7 Å². The van der Waals surface area contributed by atoms with Crippen LogP contribution in [-0.4, -0.2) is 120 Å². The second kappa shape index (κ2) is 24.4. The van der Waals surface area contributed by atoms with Gasteiger partial charge in [-0.25, -0.2) is 0 Å². The quantitative estimate of drug-likeness (QED) is 0.0826. The van der Waals surface area contributed by atoms with Crippen LogP contribution in [-0.2, 0) is 41.6 Å². The van der Waals surface area contributed by atoms with Gasteiger partial charge in [0.1, 0.15) is 24.2 Å². The molecule has 0 bridgehead atoms. The highest BCUT2D eigenvalue weighted by atomic mass is 16.2. The molecule has 3 aromatic carbocycles. The Kier molecular flexibility index (Phi) is 18.4. The van der Waals surface area contributed by atoms with Crippen LogP contribution in [0.1, 0.15) is 162 Å². The number of hydrogen-bond acceptors (Lipinski definition) is 10. The van der Waals surface area contributed by atoms with E-state index in [1.807, 2.05) is 77.9 Å². The van der Waals surface area contributed by atoms with Gasteiger partial charge in [0.05, 0.1) is 24.2 Å². The standard InChI is InChI=1S/C60H82N8O8/c1-35(61-9)53(71)65-51(59(3,4)5)57(75)67-33-37(28-47(67)55(73)63-45-26-16-20-39-18-11-13-24-43(39)45)30-49(69)41-22-15-23-42(32-41)50(70)31-38-29-48(56(74)64-46-27-17-21-40-19-12-14-25-44(40)46)68(34-38)58(76)52(60(6,7)8)66-54(72)36(2)62-10/h11-15,18-19,22-25,32,35-38,45-48,51-52,61-62H,16-17,20-21,26-31,33-34H2,1-10H3,(H,63,73)(H,64,74)(H,65,71)(H,66,72)/t35-,36-,37+,38+,45-,46-,47-,48-,51+,52+/m0/s1. The minimum Gasteiger partial charge on any atom is -0.347 e. The third kappa shape index (κ3) is 13.5. The minimum atomic E-state index is -0.962. The number of ketones is 2. The third-order valence-electron chi connectivity index (χ3n) is 16.2. The predicted octanol–water partition coefficient (Wildman–Crippen LogP) is 5.93. The van der Waals surface area contributed by atoms with Crippen molar-refractivity contribution in [3.8, 4) is 0 Å². The minimum absolute atomic E-state index is 0.00132. The molecular weight excluding hydrogens is 961 g/mol. The van der Waals surface area contributed by atoms with E-state index in [1.54, 1.807) is 62.0 Å². The number of likely N-dealkylation sites (tertiary alicyclic amines) is 2. The molecule has 6 amide bonds. The number of likely N-dealkylation sites (N-methyl/N-ethyl adjacent to an activating group) is 2. The summed E-state index contributed by atoms with van der Waals surface area (Å²) >= 11 is 0. The van der Waals surface area contributed by atoms with Gasteiger partial charge in [-0.05, 0) is 130 Å². The zero-order chi connectivity index (χ0) is 55.2. The third-order valence-corrected chi connectivity index (χ3v) is 16.2. The summed E-state index contributed by atoms with van der Waals surface area (Å²) in [6, 6.07) is 17.3. The number of Topliss-reactive ketones (excluding diaryl/α,β-unsaturated/α-hetero) is 2. The van der Waals surface area contributed by atoms with Gasteiger partial charge in [-0.3, -0.25) is 38.4 Å². The van der Waals surface area contributed by atoms with Crippen LogP contribution in [0.4, 0.5) is 0 Å². The summed E-state index contributed by atoms with van der Waals surface area (Å²) in [4.78, 5) is 117. The van der Waals surface area contributed by atoms with E-state index in [0.717, 1.165) is 49.7 Å². The van der Waals surface area contributed by atoms with Crippen LogP contribution in [0.3, 0.4) is 0 Å². The van der Waals surface area contributed by atoms with Crippen molar-refractivity contribution in [3.05, 3.63) is 106 Å². The lowest BCUT2D eigenvalue weighted by Crippen LogP contribution is -2.59. The largest absolute Gasteiger partial charge is 0.347 e. The summed E-state index contributed by atoms with van der Waals surface area (Å²) in [6.45, 7) is 14.8. The van der Waals surface area contributed by atoms with E-state index in [-0.39, 0.29) is 86.1 Å². The van der Waals surface area contributed by atoms with Gasteiger partial charge in [0.15, 0.2) is 11.6 Å². The number of rotatable bonds is 18. The Balaban J connectivity index is 1.09. The molecule has 3 aromatic rings. The second-order valence-corrected chi connectivity index (χ2v) is 24.0. The molecule has 16 heteroatoms. The van der Waals surface area contributed by atoms with E-state index in [9.17, 15) is 38.4 Å². The number of hydrogen-bond donors (Lipinski definition) is 6. The Morgan fingerprint density at radius 3 is 1.30 bits per heavy atom. The van der Waals surface area contributed by atoms with Crippen molar-refractivity contribution in [2.24, 2.45) is 22.7 Å². The second-order valence-electron chi connectivity index (χ2n) is 24.0. The van der Waals surface area contributed by atoms with E-state index in [0.29, 0.717) is 11.1 Å². The fraction of sp³-hybridized carbons (Fsp3) is 0.567. The first-order valence-electron chi connectivity index (χ1n) is 27.5. The number of carbonyl (C=O) groups is 8. The highest BCUT2D eigenvalue weighted by Gasteiger charge is 2.48. The smallest absolute Gasteiger partial charge is 0.246 e. The maximum absolute atomic E-state index is 14.7. The number of amides is 6. The van der Waals surface area contributed by atoms with E-state index >= 15 is 0 Å². The molecule has 2 aliphatic carbocycles. The summed E-state index contributed by atoms with van der Waals surface area (Å²) in [7, 11) is 3.33. The lowest BCUT2D eigenvalue weighted by Gasteiger charge is -2.36. The van der Waals surface area contributed by atoms with E-state index in [1.165, 1.54) is 11.1 Å². The normalized spacial score (nSPS) is 23.0. The summed E-state index contributed by atoms with van der Waals surface area (Å²) < 4.78 is 0. The number of benzene rings is 3. The van der Waals surface area contributed by atoms with Crippen molar-refractivity contribution in [2.45, 2.75) is 168 Å². The van der Waals surface area contributed by atoms with Crippen LogP contribution >= 0.6 is 0 Å². The Morgan fingerprint density at radius 1 is 0.553 bits per heavy atom. The average Bonchev–Trinajstić information content (AvgIpc) is 4.03. The van der Waals surface area contributed by atoms with Gasteiger partial charge < -0.3 is 41.7 Å². The molecule has 0 aromatic heterocycles. The summed E-state index contributed by atoms with van der Waals surface area (Å²) in [6.07, 6.45) is 5.58. The van der Waals surface area contributed by atoms with E-state index in [2.05, 4.69) is 44.0 Å². The molecule has 2 fully saturated rings. The maximum Gasteiger partial charge on any atom is 0.246 e. The molecule has 0 unspecified atom stereocenters. The molecule has 410 valence electrons. The molecule has 6 N–H and O–H groups in total. The van der Waals surface area contributed by atoms with Crippen molar-refractivity contribution in [2.75, 3.05) is 27.2 Å². The zero-order valence-electron chi connectivity index (χ0n) is 46.3. The Labute approximate surface area is 449 Å². The number of nitrogens with one attached hydrogen (secondary N) is 6. The number of fused-ring (bicyclic) bond motifs is 2. The molecule has 0 saturated carbocycles. The molecule has 16 nitrogen and oxygen atoms in total. The van der Waals surface area contributed by atoms with Gasteiger partial charge in [0.25, 0.3) is 0 Å². The fourth-order valence-electron chi connectivity index (χ4n) is 11.5. The lowest BCUT2D eigenvalue weighted by molar-refractivity contribution is -0.144. The first-order valence-corrected chi connectivity index (χ1v) is 27.5. The molecule has 2 heterocycles. The van der Waals surface area contributed by atoms with Gasteiger partial charge >= 0.3 is 0 Å². The van der Waals surface area contributed by atoms with Crippen LogP contribution in [0, 0.1) is 22.7 Å². The highest BCUT2D eigenvalue weighted by Crippen LogP contribution is 2.36. The number of aryl methyl sites for hydroxylation is 2. The van der Waals surface area contributed by atoms with Crippen molar-refractivity contribution in [3.63, 3.8) is 0 Å². The molecule has 76 heavy (non-hydrogen) atoms. The van der Waals surface area contributed by atoms with Crippen LogP contribution in [0.15, 0.2) is 72.8 Å². The average molecular weight is 1040 g/mol. The van der Waals surface area contributed by atoms with E-state index in [4.69, 9.17) is 0 Å². The van der Waals surface area contributed by atoms with Gasteiger partial charge in [-0.2, -0.15) is 0 Å². The van der Waals surface area contributed by atoms with Gasteiger partial charge in [-0.1, -0.05) is 108 Å². The molecule has 7 rings (SSSR count). The summed E-state index contributed by atoms with van der Waals surface area (Å²) in [5.74, 6) is -3.44. The summed E-state index contributed by atoms with van der Waals surface area (Å²) in [5.41, 5.74) is 3.65. The lowest BCUT2D eigenvalue weighted by atomic mass is 9.85. The van der Waals surface area contributed by atoms with Crippen LogP contribution in [0.2, 0.25) is 0 Å². The van der Waals surface area contributed by atoms with Crippen molar-refractivity contribution < 1.29 is 38.4 Å².